The van der Waals surface area contributed by atoms with E-state index in [0.717, 1.165) is 53.0 Å². The summed E-state index contributed by atoms with van der Waals surface area (Å²) in [6, 6.07) is 0. The van der Waals surface area contributed by atoms with Crippen LogP contribution < -0.4 is 4.74 Å². The zero-order valence-electron chi connectivity index (χ0n) is 20.8. The first-order chi connectivity index (χ1) is 13.6. The molecule has 0 bridgehead atoms. The maximum absolute atomic E-state index is 9.95. The van der Waals surface area contributed by atoms with Gasteiger partial charge in [-0.15, -0.1) is 0 Å². The Balaban J connectivity index is 0.000000291. The van der Waals surface area contributed by atoms with Crippen LogP contribution in [0.2, 0.25) is 0 Å². The quantitative estimate of drug-likeness (QED) is 0.472. The minimum Gasteiger partial charge on any atom is -0.507 e. The molecule has 1 heterocycles. The van der Waals surface area contributed by atoms with Gasteiger partial charge in [0.25, 0.3) is 0 Å². The summed E-state index contributed by atoms with van der Waals surface area (Å²) >= 11 is 0. The van der Waals surface area contributed by atoms with E-state index in [1.165, 1.54) is 44.1 Å². The molecule has 0 fully saturated rings. The van der Waals surface area contributed by atoms with Crippen LogP contribution >= 0.6 is 0 Å². The van der Waals surface area contributed by atoms with Crippen molar-refractivity contribution in [1.29, 1.82) is 0 Å². The zero-order valence-corrected chi connectivity index (χ0v) is 20.8. The van der Waals surface area contributed by atoms with Crippen LogP contribution in [0.15, 0.2) is 0 Å². The molecule has 0 radical (unpaired) electrons. The van der Waals surface area contributed by atoms with Gasteiger partial charge < -0.3 is 9.84 Å². The van der Waals surface area contributed by atoms with Crippen LogP contribution in [0.5, 0.6) is 11.5 Å². The van der Waals surface area contributed by atoms with Gasteiger partial charge in [0.05, 0.1) is 6.10 Å². The molecule has 0 saturated heterocycles. The van der Waals surface area contributed by atoms with Crippen molar-refractivity contribution in [3.05, 3.63) is 22.3 Å². The second kappa shape index (κ2) is 12.5. The van der Waals surface area contributed by atoms with E-state index in [2.05, 4.69) is 41.5 Å². The molecule has 168 valence electrons. The topological polar surface area (TPSA) is 29.5 Å². The van der Waals surface area contributed by atoms with Crippen molar-refractivity contribution in [3.63, 3.8) is 0 Å². The van der Waals surface area contributed by atoms with Gasteiger partial charge in [0.15, 0.2) is 0 Å². The molecule has 0 spiro atoms. The van der Waals surface area contributed by atoms with E-state index in [0.29, 0.717) is 11.9 Å². The van der Waals surface area contributed by atoms with Gasteiger partial charge in [0.1, 0.15) is 11.5 Å². The molecule has 3 atom stereocenters. The minimum atomic E-state index is 0.291. The lowest BCUT2D eigenvalue weighted by Crippen LogP contribution is -2.20. The third-order valence-electron chi connectivity index (χ3n) is 6.51. The van der Waals surface area contributed by atoms with E-state index >= 15 is 0 Å². The fourth-order valence-corrected chi connectivity index (χ4v) is 4.61. The Hall–Kier alpha value is -1.18. The first kappa shape index (κ1) is 25.9. The molecule has 1 aliphatic rings. The molecule has 29 heavy (non-hydrogen) atoms. The van der Waals surface area contributed by atoms with Crippen molar-refractivity contribution in [2.45, 2.75) is 120 Å². The zero-order chi connectivity index (χ0) is 22.1. The van der Waals surface area contributed by atoms with E-state index in [9.17, 15) is 5.11 Å². The lowest BCUT2D eigenvalue weighted by molar-refractivity contribution is 0.190. The smallest absolute Gasteiger partial charge is 0.126 e. The summed E-state index contributed by atoms with van der Waals surface area (Å²) in [5.41, 5.74) is 4.20. The van der Waals surface area contributed by atoms with Crippen LogP contribution in [-0.4, -0.2) is 11.2 Å². The molecule has 0 aliphatic carbocycles. The molecule has 0 aromatic heterocycles. The van der Waals surface area contributed by atoms with Gasteiger partial charge in [-0.25, -0.2) is 0 Å². The number of hydrogen-bond acceptors (Lipinski definition) is 2. The largest absolute Gasteiger partial charge is 0.507 e. The molecule has 0 amide bonds. The average Bonchev–Trinajstić information content (AvgIpc) is 2.64. The molecule has 2 nitrogen and oxygen atoms in total. The molecule has 0 saturated carbocycles. The van der Waals surface area contributed by atoms with Gasteiger partial charge in [-0.05, 0) is 81.4 Å². The SMILES string of the molecule is CCC[C@H](C)CCC[C@H](C)CC(C)C.Cc1c(C)c2c(c(C)c1O)CCC(C)O2. The van der Waals surface area contributed by atoms with E-state index < -0.39 is 0 Å². The van der Waals surface area contributed by atoms with E-state index in [-0.39, 0.29) is 0 Å². The van der Waals surface area contributed by atoms with Crippen LogP contribution in [0, 0.1) is 38.5 Å². The molecule has 1 N–H and O–H groups in total. The Morgan fingerprint density at radius 1 is 0.931 bits per heavy atom. The predicted octanol–water partition coefficient (Wildman–Crippen LogP) is 8.31. The fraction of sp³-hybridized carbons (Fsp3) is 0.778. The van der Waals surface area contributed by atoms with E-state index in [1.807, 2.05) is 20.8 Å². The van der Waals surface area contributed by atoms with Gasteiger partial charge in [0, 0.05) is 5.56 Å². The molecule has 1 aromatic carbocycles. The Morgan fingerprint density at radius 3 is 2.14 bits per heavy atom. The number of phenols is 1. The van der Waals surface area contributed by atoms with Gasteiger partial charge in [-0.2, -0.15) is 0 Å². The molecule has 2 rings (SSSR count). The highest BCUT2D eigenvalue weighted by Gasteiger charge is 2.23. The Morgan fingerprint density at radius 2 is 1.55 bits per heavy atom. The highest BCUT2D eigenvalue weighted by molar-refractivity contribution is 5.58. The predicted molar refractivity (Wildman–Crippen MR) is 127 cm³/mol. The first-order valence-electron chi connectivity index (χ1n) is 12.1. The van der Waals surface area contributed by atoms with Crippen LogP contribution in [0.4, 0.5) is 0 Å². The van der Waals surface area contributed by atoms with Crippen LogP contribution in [0.3, 0.4) is 0 Å². The number of phenolic OH excluding ortho intramolecular Hbond substituents is 1. The number of benzene rings is 1. The third-order valence-corrected chi connectivity index (χ3v) is 6.51. The summed E-state index contributed by atoms with van der Waals surface area (Å²) in [6.45, 7) is 19.8. The monoisotopic (exact) mass is 404 g/mol. The van der Waals surface area contributed by atoms with E-state index in [1.54, 1.807) is 0 Å². The van der Waals surface area contributed by atoms with Gasteiger partial charge in [0.2, 0.25) is 0 Å². The number of fused-ring (bicyclic) bond motifs is 1. The van der Waals surface area contributed by atoms with Crippen LogP contribution in [-0.2, 0) is 6.42 Å². The number of hydrogen-bond donors (Lipinski definition) is 1. The molecule has 1 aromatic rings. The van der Waals surface area contributed by atoms with Crippen molar-refractivity contribution in [2.24, 2.45) is 17.8 Å². The summed E-state index contributed by atoms with van der Waals surface area (Å²) < 4.78 is 5.87. The van der Waals surface area contributed by atoms with Gasteiger partial charge in [-0.3, -0.25) is 0 Å². The summed E-state index contributed by atoms with van der Waals surface area (Å²) in [6.07, 6.45) is 10.8. The Kier molecular flexibility index (Phi) is 11.1. The molecular formula is C27H48O2. The fourth-order valence-electron chi connectivity index (χ4n) is 4.61. The van der Waals surface area contributed by atoms with Crippen molar-refractivity contribution in [2.75, 3.05) is 0 Å². The summed E-state index contributed by atoms with van der Waals surface area (Å²) in [7, 11) is 0. The highest BCUT2D eigenvalue weighted by Crippen LogP contribution is 2.40. The van der Waals surface area contributed by atoms with E-state index in [4.69, 9.17) is 4.74 Å². The van der Waals surface area contributed by atoms with Crippen LogP contribution in [0.25, 0.3) is 0 Å². The maximum atomic E-state index is 9.95. The summed E-state index contributed by atoms with van der Waals surface area (Å²) in [5, 5.41) is 9.95. The summed E-state index contributed by atoms with van der Waals surface area (Å²) in [5.74, 6) is 4.19. The lowest BCUT2D eigenvalue weighted by Gasteiger charge is -2.27. The number of rotatable bonds is 8. The Bertz CT molecular complexity index is 618. The maximum Gasteiger partial charge on any atom is 0.126 e. The van der Waals surface area contributed by atoms with Crippen molar-refractivity contribution in [1.82, 2.24) is 0 Å². The third kappa shape index (κ3) is 8.22. The van der Waals surface area contributed by atoms with Gasteiger partial charge in [-0.1, -0.05) is 66.7 Å². The van der Waals surface area contributed by atoms with Crippen LogP contribution in [0.1, 0.15) is 109 Å². The number of aromatic hydroxyl groups is 1. The second-order valence-electron chi connectivity index (χ2n) is 10.1. The summed E-state index contributed by atoms with van der Waals surface area (Å²) in [4.78, 5) is 0. The standard InChI is InChI=1S/C14H30.C13H18O2/c1-6-8-13(4)9-7-10-14(5)11-12(2)3;1-7-5-6-11-10(4)12(14)8(2)9(3)13(11)15-7/h12-14H,6-11H2,1-5H3;7,14H,5-6H2,1-4H3/t13-,14-;/m0./s1. The highest BCUT2D eigenvalue weighted by atomic mass is 16.5. The van der Waals surface area contributed by atoms with Crippen molar-refractivity contribution >= 4 is 0 Å². The number of ether oxygens (including phenoxy) is 1. The second-order valence-corrected chi connectivity index (χ2v) is 10.1. The van der Waals surface area contributed by atoms with Gasteiger partial charge >= 0.3 is 0 Å². The Labute approximate surface area is 181 Å². The first-order valence-corrected chi connectivity index (χ1v) is 12.1. The lowest BCUT2D eigenvalue weighted by atomic mass is 9.91. The molecule has 2 heteroatoms. The minimum absolute atomic E-state index is 0.291. The molecule has 1 unspecified atom stereocenters. The molecular weight excluding hydrogens is 356 g/mol. The molecule has 1 aliphatic heterocycles. The normalized spacial score (nSPS) is 17.8. The van der Waals surface area contributed by atoms with Crippen molar-refractivity contribution in [3.8, 4) is 11.5 Å². The average molecular weight is 405 g/mol. The van der Waals surface area contributed by atoms with Crippen molar-refractivity contribution < 1.29 is 9.84 Å².